The Hall–Kier alpha value is -4.96. The highest BCUT2D eigenvalue weighted by atomic mass is 15.0. The zero-order valence-corrected chi connectivity index (χ0v) is 29.6. The van der Waals surface area contributed by atoms with Crippen LogP contribution in [0.5, 0.6) is 0 Å². The van der Waals surface area contributed by atoms with E-state index in [9.17, 15) is 0 Å². The summed E-state index contributed by atoms with van der Waals surface area (Å²) in [4.78, 5) is 21.4. The average molecular weight is 663 g/mol. The summed E-state index contributed by atoms with van der Waals surface area (Å²) < 4.78 is 0. The lowest BCUT2D eigenvalue weighted by Gasteiger charge is -2.58. The minimum Gasteiger partial charge on any atom is -0.260 e. The lowest BCUT2D eigenvalue weighted by Crippen LogP contribution is -2.55. The topological polar surface area (TPSA) is 51.6 Å². The minimum absolute atomic E-state index is 0.0351. The van der Waals surface area contributed by atoms with Crippen LogP contribution < -0.4 is 0 Å². The van der Waals surface area contributed by atoms with E-state index >= 15 is 0 Å². The van der Waals surface area contributed by atoms with Gasteiger partial charge in [-0.15, -0.1) is 0 Å². The van der Waals surface area contributed by atoms with Crippen LogP contribution in [0.25, 0.3) is 56.4 Å². The molecule has 250 valence electrons. The van der Waals surface area contributed by atoms with E-state index in [2.05, 4.69) is 136 Å². The van der Waals surface area contributed by atoms with Gasteiger partial charge < -0.3 is 0 Å². The van der Waals surface area contributed by atoms with E-state index < -0.39 is 0 Å². The molecule has 5 fully saturated rings. The monoisotopic (exact) mass is 662 g/mol. The van der Waals surface area contributed by atoms with Crippen molar-refractivity contribution in [2.75, 3.05) is 0 Å². The summed E-state index contributed by atoms with van der Waals surface area (Å²) in [5, 5.41) is 0. The molecule has 7 unspecified atom stereocenters. The number of nitrogens with zero attached hydrogens (tertiary/aromatic N) is 4. The minimum atomic E-state index is -0.109. The molecule has 2 heterocycles. The molecule has 0 saturated heterocycles. The largest absolute Gasteiger partial charge is 0.260 e. The SMILES string of the molecule is CC(C)(C)c1ccc(-c2nc(-c3ccccc3)nc(-c3cccc(-c4ccccc4)c3)n2)c2c1-c1cccnc1C21C2CC3CC4CC1C3C4C2. The molecule has 0 amide bonds. The Morgan fingerprint density at radius 2 is 1.29 bits per heavy atom. The third kappa shape index (κ3) is 4.08. The van der Waals surface area contributed by atoms with Crippen LogP contribution in [0.15, 0.2) is 115 Å². The molecule has 7 atom stereocenters. The fourth-order valence-corrected chi connectivity index (χ4v) is 12.1. The predicted octanol–water partition coefficient (Wildman–Crippen LogP) is 10.8. The highest BCUT2D eigenvalue weighted by molar-refractivity contribution is 5.90. The first kappa shape index (κ1) is 29.7. The van der Waals surface area contributed by atoms with Crippen LogP contribution in [0.1, 0.15) is 63.3 Å². The maximum Gasteiger partial charge on any atom is 0.164 e. The maximum atomic E-state index is 5.45. The number of rotatable bonds is 4. The summed E-state index contributed by atoms with van der Waals surface area (Å²) in [6, 6.07) is 38.9. The van der Waals surface area contributed by atoms with Crippen molar-refractivity contribution in [3.63, 3.8) is 0 Å². The number of pyridine rings is 1. The molecular formula is C47H42N4. The number of aromatic nitrogens is 4. The van der Waals surface area contributed by atoms with Crippen LogP contribution in [0.3, 0.4) is 0 Å². The number of hydrogen-bond acceptors (Lipinski definition) is 4. The Labute approximate surface area is 300 Å². The van der Waals surface area contributed by atoms with Crippen molar-refractivity contribution < 1.29 is 0 Å². The lowest BCUT2D eigenvalue weighted by atomic mass is 9.45. The molecule has 1 spiro atoms. The fraction of sp³-hybridized carbons (Fsp3) is 0.319. The Kier molecular flexibility index (Phi) is 6.15. The van der Waals surface area contributed by atoms with Crippen molar-refractivity contribution in [2.24, 2.45) is 35.5 Å². The van der Waals surface area contributed by atoms with Crippen molar-refractivity contribution in [2.45, 2.75) is 57.3 Å². The molecule has 5 saturated carbocycles. The van der Waals surface area contributed by atoms with Gasteiger partial charge in [-0.05, 0) is 107 Å². The quantitative estimate of drug-likeness (QED) is 0.188. The van der Waals surface area contributed by atoms with Crippen LogP contribution in [-0.4, -0.2) is 19.9 Å². The van der Waals surface area contributed by atoms with Crippen LogP contribution in [-0.2, 0) is 10.8 Å². The summed E-state index contributed by atoms with van der Waals surface area (Å²) in [6.45, 7) is 7.10. The molecule has 51 heavy (non-hydrogen) atoms. The van der Waals surface area contributed by atoms with Crippen molar-refractivity contribution in [3.05, 3.63) is 132 Å². The molecule has 6 aromatic rings. The zero-order chi connectivity index (χ0) is 34.1. The van der Waals surface area contributed by atoms with Gasteiger partial charge in [0.15, 0.2) is 17.5 Å². The molecule has 4 heteroatoms. The smallest absolute Gasteiger partial charge is 0.164 e. The number of fused-ring (bicyclic) bond motifs is 3. The molecule has 4 nitrogen and oxygen atoms in total. The predicted molar refractivity (Wildman–Crippen MR) is 204 cm³/mol. The summed E-state index contributed by atoms with van der Waals surface area (Å²) in [5.41, 5.74) is 12.3. The molecule has 4 aromatic carbocycles. The lowest BCUT2D eigenvalue weighted by molar-refractivity contribution is -0.0190. The molecular weight excluding hydrogens is 621 g/mol. The fourth-order valence-electron chi connectivity index (χ4n) is 12.1. The first-order valence-electron chi connectivity index (χ1n) is 19.0. The number of benzene rings is 4. The normalized spacial score (nSPS) is 27.7. The van der Waals surface area contributed by atoms with E-state index in [-0.39, 0.29) is 10.8 Å². The summed E-state index contributed by atoms with van der Waals surface area (Å²) in [5.74, 6) is 6.89. The van der Waals surface area contributed by atoms with Crippen LogP contribution in [0.4, 0.5) is 0 Å². The van der Waals surface area contributed by atoms with Gasteiger partial charge in [0.1, 0.15) is 0 Å². The highest BCUT2D eigenvalue weighted by Gasteiger charge is 2.72. The molecule has 2 aromatic heterocycles. The molecule has 6 aliphatic rings. The third-order valence-corrected chi connectivity index (χ3v) is 13.7. The van der Waals surface area contributed by atoms with Gasteiger partial charge in [0.25, 0.3) is 0 Å². The highest BCUT2D eigenvalue weighted by Crippen LogP contribution is 2.78. The van der Waals surface area contributed by atoms with Crippen LogP contribution >= 0.6 is 0 Å². The average Bonchev–Trinajstić information content (AvgIpc) is 3.73. The Bertz CT molecular complexity index is 2360. The van der Waals surface area contributed by atoms with E-state index in [1.807, 2.05) is 0 Å². The third-order valence-electron chi connectivity index (χ3n) is 13.7. The Morgan fingerprint density at radius 1 is 0.588 bits per heavy atom. The van der Waals surface area contributed by atoms with E-state index in [1.54, 1.807) is 0 Å². The second-order valence-electron chi connectivity index (χ2n) is 17.1. The van der Waals surface area contributed by atoms with Gasteiger partial charge in [-0.3, -0.25) is 4.98 Å². The van der Waals surface area contributed by atoms with E-state index in [0.29, 0.717) is 23.5 Å². The van der Waals surface area contributed by atoms with Crippen molar-refractivity contribution in [1.82, 2.24) is 19.9 Å². The Morgan fingerprint density at radius 3 is 2.06 bits per heavy atom. The van der Waals surface area contributed by atoms with Gasteiger partial charge in [0, 0.05) is 33.9 Å². The first-order valence-corrected chi connectivity index (χ1v) is 19.0. The molecule has 0 N–H and O–H groups in total. The van der Waals surface area contributed by atoms with Gasteiger partial charge in [0.05, 0.1) is 5.69 Å². The number of hydrogen-bond donors (Lipinski definition) is 0. The summed E-state index contributed by atoms with van der Waals surface area (Å²) in [6.07, 6.45) is 7.51. The first-order chi connectivity index (χ1) is 24.9. The summed E-state index contributed by atoms with van der Waals surface area (Å²) >= 11 is 0. The van der Waals surface area contributed by atoms with E-state index in [0.717, 1.165) is 46.2 Å². The van der Waals surface area contributed by atoms with Gasteiger partial charge in [-0.25, -0.2) is 15.0 Å². The summed E-state index contributed by atoms with van der Waals surface area (Å²) in [7, 11) is 0. The van der Waals surface area contributed by atoms with Crippen molar-refractivity contribution >= 4 is 0 Å². The van der Waals surface area contributed by atoms with E-state index in [1.165, 1.54) is 64.8 Å². The molecule has 0 aliphatic heterocycles. The molecule has 6 bridgehead atoms. The van der Waals surface area contributed by atoms with Crippen molar-refractivity contribution in [3.8, 4) is 56.4 Å². The molecule has 12 rings (SSSR count). The van der Waals surface area contributed by atoms with Crippen molar-refractivity contribution in [1.29, 1.82) is 0 Å². The van der Waals surface area contributed by atoms with Gasteiger partial charge in [-0.2, -0.15) is 0 Å². The maximum absolute atomic E-state index is 5.45. The van der Waals surface area contributed by atoms with Crippen LogP contribution in [0, 0.1) is 35.5 Å². The van der Waals surface area contributed by atoms with Gasteiger partial charge in [-0.1, -0.05) is 118 Å². The zero-order valence-electron chi connectivity index (χ0n) is 29.6. The molecule has 0 radical (unpaired) electrons. The second-order valence-corrected chi connectivity index (χ2v) is 17.1. The molecule has 6 aliphatic carbocycles. The van der Waals surface area contributed by atoms with E-state index in [4.69, 9.17) is 19.9 Å². The Balaban J connectivity index is 1.19. The second kappa shape index (κ2) is 10.5. The standard InChI is InChI=1S/C47H42N4/c1-46(2,3)37-20-19-35(41-40(37)34-18-11-21-48-42(34)47(41)33-24-32-23-31-25-38(47)39(32)36(31)26-33)45-50-43(28-14-8-5-9-15-28)49-44(51-45)30-17-10-16-29(22-30)27-12-6-4-7-13-27/h4-22,31-33,36,38-39H,23-26H2,1-3H3. The van der Waals surface area contributed by atoms with Crippen LogP contribution in [0.2, 0.25) is 0 Å². The van der Waals surface area contributed by atoms with Gasteiger partial charge in [0.2, 0.25) is 0 Å². The van der Waals surface area contributed by atoms with Gasteiger partial charge >= 0.3 is 0 Å².